The number of rotatable bonds is 12. The lowest BCUT2D eigenvalue weighted by Gasteiger charge is -2.26. The summed E-state index contributed by atoms with van der Waals surface area (Å²) in [5, 5.41) is 2.89. The highest BCUT2D eigenvalue weighted by atomic mass is 32.2. The van der Waals surface area contributed by atoms with E-state index >= 15 is 0 Å². The quantitative estimate of drug-likeness (QED) is 0.531. The number of benzene rings is 1. The lowest BCUT2D eigenvalue weighted by molar-refractivity contribution is -0.121. The first-order chi connectivity index (χ1) is 13.5. The van der Waals surface area contributed by atoms with Crippen LogP contribution in [0, 0.1) is 0 Å². The van der Waals surface area contributed by atoms with Crippen molar-refractivity contribution < 1.29 is 22.7 Å². The minimum Gasteiger partial charge on any atom is -0.381 e. The highest BCUT2D eigenvalue weighted by molar-refractivity contribution is 7.89. The van der Waals surface area contributed by atoms with Crippen LogP contribution in [0.4, 0.5) is 0 Å². The maximum Gasteiger partial charge on any atom is 0.243 e. The van der Waals surface area contributed by atoms with Crippen molar-refractivity contribution in [2.24, 2.45) is 0 Å². The number of ether oxygens (including phenoxy) is 2. The van der Waals surface area contributed by atoms with Gasteiger partial charge in [0.05, 0.1) is 18.1 Å². The SMILES string of the molecule is CCCCOCCCNC(=O)CCc1ccc(S(=O)(=O)N2CCOCC2)cc1. The number of sulfonamides is 1. The van der Waals surface area contributed by atoms with Gasteiger partial charge in [0.25, 0.3) is 0 Å². The molecule has 1 aromatic carbocycles. The molecular weight excluding hydrogens is 380 g/mol. The Bertz CT molecular complexity index is 685. The van der Waals surface area contributed by atoms with E-state index in [2.05, 4.69) is 12.2 Å². The summed E-state index contributed by atoms with van der Waals surface area (Å²) in [5.41, 5.74) is 0.943. The summed E-state index contributed by atoms with van der Waals surface area (Å²) < 4.78 is 37.3. The van der Waals surface area contributed by atoms with Crippen LogP contribution in [0.15, 0.2) is 29.2 Å². The summed E-state index contributed by atoms with van der Waals surface area (Å²) in [6, 6.07) is 6.79. The van der Waals surface area contributed by atoms with E-state index in [1.807, 2.05) is 0 Å². The average Bonchev–Trinajstić information content (AvgIpc) is 2.72. The molecule has 0 saturated carbocycles. The first-order valence-electron chi connectivity index (χ1n) is 10.1. The van der Waals surface area contributed by atoms with Crippen molar-refractivity contribution in [2.45, 2.75) is 43.9 Å². The maximum absolute atomic E-state index is 12.6. The van der Waals surface area contributed by atoms with Gasteiger partial charge in [-0.2, -0.15) is 4.31 Å². The fourth-order valence-corrected chi connectivity index (χ4v) is 4.27. The summed E-state index contributed by atoms with van der Waals surface area (Å²) in [7, 11) is -3.47. The van der Waals surface area contributed by atoms with Crippen LogP contribution in [0.5, 0.6) is 0 Å². The number of nitrogens with one attached hydrogen (secondary N) is 1. The Morgan fingerprint density at radius 1 is 1.14 bits per heavy atom. The molecule has 0 spiro atoms. The third-order valence-electron chi connectivity index (χ3n) is 4.60. The molecular formula is C20H32N2O5S. The molecule has 8 heteroatoms. The topological polar surface area (TPSA) is 84.9 Å². The number of amides is 1. The van der Waals surface area contributed by atoms with Crippen molar-refractivity contribution in [3.8, 4) is 0 Å². The van der Waals surface area contributed by atoms with E-state index in [1.54, 1.807) is 24.3 Å². The van der Waals surface area contributed by atoms with Crippen molar-refractivity contribution in [1.29, 1.82) is 0 Å². The molecule has 2 rings (SSSR count). The number of unbranched alkanes of at least 4 members (excludes halogenated alkanes) is 1. The Balaban J connectivity index is 1.70. The molecule has 1 amide bonds. The predicted molar refractivity (Wildman–Crippen MR) is 108 cm³/mol. The van der Waals surface area contributed by atoms with Gasteiger partial charge in [0.15, 0.2) is 0 Å². The van der Waals surface area contributed by atoms with Gasteiger partial charge < -0.3 is 14.8 Å². The molecule has 1 aliphatic rings. The van der Waals surface area contributed by atoms with Crippen LogP contribution < -0.4 is 5.32 Å². The average molecular weight is 413 g/mol. The number of carbonyl (C=O) groups excluding carboxylic acids is 1. The van der Waals surface area contributed by atoms with Gasteiger partial charge in [-0.25, -0.2) is 8.42 Å². The van der Waals surface area contributed by atoms with Crippen LogP contribution in [0.1, 0.15) is 38.2 Å². The number of carbonyl (C=O) groups is 1. The van der Waals surface area contributed by atoms with E-state index in [0.29, 0.717) is 52.3 Å². The lowest BCUT2D eigenvalue weighted by Crippen LogP contribution is -2.40. The third-order valence-corrected chi connectivity index (χ3v) is 6.51. The second kappa shape index (κ2) is 12.2. The van der Waals surface area contributed by atoms with E-state index < -0.39 is 10.0 Å². The van der Waals surface area contributed by atoms with Crippen molar-refractivity contribution in [1.82, 2.24) is 9.62 Å². The van der Waals surface area contributed by atoms with Crippen LogP contribution in [-0.2, 0) is 30.7 Å². The molecule has 1 aliphatic heterocycles. The van der Waals surface area contributed by atoms with E-state index in [-0.39, 0.29) is 10.8 Å². The fraction of sp³-hybridized carbons (Fsp3) is 0.650. The monoisotopic (exact) mass is 412 g/mol. The first-order valence-corrected chi connectivity index (χ1v) is 11.5. The Morgan fingerprint density at radius 2 is 1.82 bits per heavy atom. The van der Waals surface area contributed by atoms with E-state index in [9.17, 15) is 13.2 Å². The van der Waals surface area contributed by atoms with Gasteiger partial charge in [0.2, 0.25) is 15.9 Å². The maximum atomic E-state index is 12.6. The predicted octanol–water partition coefficient (Wildman–Crippen LogP) is 1.96. The molecule has 1 aromatic rings. The smallest absolute Gasteiger partial charge is 0.243 e. The van der Waals surface area contributed by atoms with Gasteiger partial charge in [0, 0.05) is 39.3 Å². The molecule has 7 nitrogen and oxygen atoms in total. The molecule has 0 bridgehead atoms. The van der Waals surface area contributed by atoms with Gasteiger partial charge in [-0.15, -0.1) is 0 Å². The second-order valence-corrected chi connectivity index (χ2v) is 8.77. The zero-order valence-corrected chi connectivity index (χ0v) is 17.5. The summed E-state index contributed by atoms with van der Waals surface area (Å²) >= 11 is 0. The molecule has 0 aliphatic carbocycles. The van der Waals surface area contributed by atoms with E-state index in [1.165, 1.54) is 4.31 Å². The van der Waals surface area contributed by atoms with E-state index in [4.69, 9.17) is 9.47 Å². The standard InChI is InChI=1S/C20H32N2O5S/c1-2-3-14-26-15-4-11-21-20(23)10-7-18-5-8-19(9-6-18)28(24,25)22-12-16-27-17-13-22/h5-6,8-9H,2-4,7,10-17H2,1H3,(H,21,23). The van der Waals surface area contributed by atoms with Crippen molar-refractivity contribution in [2.75, 3.05) is 46.1 Å². The van der Waals surface area contributed by atoms with Crippen molar-refractivity contribution >= 4 is 15.9 Å². The summed E-state index contributed by atoms with van der Waals surface area (Å²) in [6.07, 6.45) is 3.96. The molecule has 1 N–H and O–H groups in total. The number of hydrogen-bond donors (Lipinski definition) is 1. The number of morpholine rings is 1. The molecule has 158 valence electrons. The van der Waals surface area contributed by atoms with Gasteiger partial charge in [0.1, 0.15) is 0 Å². The summed E-state index contributed by atoms with van der Waals surface area (Å²) in [6.45, 7) is 5.80. The molecule has 0 unspecified atom stereocenters. The molecule has 0 radical (unpaired) electrons. The number of nitrogens with zero attached hydrogens (tertiary/aromatic N) is 1. The summed E-state index contributed by atoms with van der Waals surface area (Å²) in [4.78, 5) is 12.2. The molecule has 0 atom stereocenters. The molecule has 0 aromatic heterocycles. The minimum atomic E-state index is -3.47. The number of aryl methyl sites for hydroxylation is 1. The largest absolute Gasteiger partial charge is 0.381 e. The minimum absolute atomic E-state index is 0.00132. The van der Waals surface area contributed by atoms with Crippen LogP contribution in [0.3, 0.4) is 0 Å². The lowest BCUT2D eigenvalue weighted by atomic mass is 10.1. The normalized spacial score (nSPS) is 15.5. The van der Waals surface area contributed by atoms with Crippen LogP contribution >= 0.6 is 0 Å². The second-order valence-electron chi connectivity index (χ2n) is 6.83. The Morgan fingerprint density at radius 3 is 2.50 bits per heavy atom. The zero-order valence-electron chi connectivity index (χ0n) is 16.7. The fourth-order valence-electron chi connectivity index (χ4n) is 2.86. The first kappa shape index (κ1) is 22.8. The Hall–Kier alpha value is -1.48. The van der Waals surface area contributed by atoms with Crippen LogP contribution in [0.2, 0.25) is 0 Å². The van der Waals surface area contributed by atoms with Gasteiger partial charge >= 0.3 is 0 Å². The number of hydrogen-bond acceptors (Lipinski definition) is 5. The van der Waals surface area contributed by atoms with Crippen LogP contribution in [0.25, 0.3) is 0 Å². The van der Waals surface area contributed by atoms with Gasteiger partial charge in [-0.3, -0.25) is 4.79 Å². The van der Waals surface area contributed by atoms with Gasteiger partial charge in [-0.05, 0) is 37.0 Å². The molecule has 28 heavy (non-hydrogen) atoms. The molecule has 1 fully saturated rings. The molecule has 1 heterocycles. The van der Waals surface area contributed by atoms with Crippen molar-refractivity contribution in [3.05, 3.63) is 29.8 Å². The van der Waals surface area contributed by atoms with E-state index in [0.717, 1.165) is 31.4 Å². The highest BCUT2D eigenvalue weighted by Crippen LogP contribution is 2.18. The Labute approximate surface area is 168 Å². The third kappa shape index (κ3) is 7.50. The summed E-state index contributed by atoms with van der Waals surface area (Å²) in [5.74, 6) is -0.00132. The zero-order chi connectivity index (χ0) is 20.2. The van der Waals surface area contributed by atoms with Crippen LogP contribution in [-0.4, -0.2) is 64.7 Å². The van der Waals surface area contributed by atoms with Crippen molar-refractivity contribution in [3.63, 3.8) is 0 Å². The highest BCUT2D eigenvalue weighted by Gasteiger charge is 2.26. The van der Waals surface area contributed by atoms with Gasteiger partial charge in [-0.1, -0.05) is 25.5 Å². The molecule has 1 saturated heterocycles. The Kier molecular flexibility index (Phi) is 9.91.